The number of nitrogens with one attached hydrogen (secondary N) is 1. The molecule has 1 atom stereocenters. The minimum Gasteiger partial charge on any atom is -0.496 e. The molecule has 0 aliphatic carbocycles. The van der Waals surface area contributed by atoms with Crippen LogP contribution in [0, 0.1) is 13.8 Å². The number of hydrogen-bond acceptors (Lipinski definition) is 4. The van der Waals surface area contributed by atoms with Gasteiger partial charge in [0.1, 0.15) is 17.7 Å². The number of aryl methyl sites for hydroxylation is 2. The van der Waals surface area contributed by atoms with Crippen LogP contribution in [-0.4, -0.2) is 47.6 Å². The highest BCUT2D eigenvalue weighted by molar-refractivity contribution is 5.79. The van der Waals surface area contributed by atoms with Crippen molar-refractivity contribution < 1.29 is 14.3 Å². The van der Waals surface area contributed by atoms with Gasteiger partial charge < -0.3 is 19.4 Å². The molecule has 1 aliphatic rings. The molecule has 6 heteroatoms. The monoisotopic (exact) mass is 329 g/mol. The van der Waals surface area contributed by atoms with Crippen molar-refractivity contribution in [1.82, 2.24) is 14.9 Å². The van der Waals surface area contributed by atoms with Crippen LogP contribution in [0.1, 0.15) is 28.7 Å². The predicted molar refractivity (Wildman–Crippen MR) is 90.0 cm³/mol. The van der Waals surface area contributed by atoms with E-state index in [1.165, 1.54) is 0 Å². The molecular formula is C18H23N3O3. The third-order valence-electron chi connectivity index (χ3n) is 4.22. The molecule has 0 spiro atoms. The van der Waals surface area contributed by atoms with Crippen molar-refractivity contribution in [3.05, 3.63) is 47.0 Å². The summed E-state index contributed by atoms with van der Waals surface area (Å²) in [5.41, 5.74) is 3.02. The molecule has 24 heavy (non-hydrogen) atoms. The van der Waals surface area contributed by atoms with Gasteiger partial charge in [0.15, 0.2) is 0 Å². The minimum absolute atomic E-state index is 0.0791. The van der Waals surface area contributed by atoms with Crippen LogP contribution in [0.4, 0.5) is 0 Å². The third kappa shape index (κ3) is 3.59. The molecule has 1 aliphatic heterocycles. The Balaban J connectivity index is 1.70. The fourth-order valence-corrected chi connectivity index (χ4v) is 2.96. The number of morpholine rings is 1. The van der Waals surface area contributed by atoms with E-state index in [9.17, 15) is 4.79 Å². The normalized spacial score (nSPS) is 17.8. The summed E-state index contributed by atoms with van der Waals surface area (Å²) in [6.45, 7) is 5.59. The first-order chi connectivity index (χ1) is 11.6. The van der Waals surface area contributed by atoms with Crippen LogP contribution in [-0.2, 0) is 16.0 Å². The van der Waals surface area contributed by atoms with Gasteiger partial charge in [0.25, 0.3) is 0 Å². The molecular weight excluding hydrogens is 306 g/mol. The molecule has 6 nitrogen and oxygen atoms in total. The number of H-pyrrole nitrogens is 1. The molecule has 3 rings (SSSR count). The number of carbonyl (C=O) groups is 1. The van der Waals surface area contributed by atoms with E-state index in [1.54, 1.807) is 13.3 Å². The summed E-state index contributed by atoms with van der Waals surface area (Å²) in [5, 5.41) is 0. The van der Waals surface area contributed by atoms with Crippen molar-refractivity contribution in [2.24, 2.45) is 0 Å². The molecule has 1 N–H and O–H groups in total. The van der Waals surface area contributed by atoms with Gasteiger partial charge >= 0.3 is 0 Å². The lowest BCUT2D eigenvalue weighted by Gasteiger charge is -2.32. The second-order valence-corrected chi connectivity index (χ2v) is 6.14. The molecule has 2 aromatic rings. The largest absolute Gasteiger partial charge is 0.496 e. The fourth-order valence-electron chi connectivity index (χ4n) is 2.96. The summed E-state index contributed by atoms with van der Waals surface area (Å²) in [4.78, 5) is 22.1. The van der Waals surface area contributed by atoms with Gasteiger partial charge in [-0.25, -0.2) is 4.98 Å². The molecule has 0 unspecified atom stereocenters. The highest BCUT2D eigenvalue weighted by atomic mass is 16.5. The SMILES string of the molecule is COc1ccc(C)cc1CC(=O)N1CCO[C@H](c2ncc(C)[nH]2)C1. The number of methoxy groups -OCH3 is 1. The Kier molecular flexibility index (Phi) is 4.85. The Morgan fingerprint density at radius 1 is 1.46 bits per heavy atom. The third-order valence-corrected chi connectivity index (χ3v) is 4.22. The lowest BCUT2D eigenvalue weighted by atomic mass is 10.1. The highest BCUT2D eigenvalue weighted by Crippen LogP contribution is 2.23. The summed E-state index contributed by atoms with van der Waals surface area (Å²) in [6.07, 6.45) is 1.90. The van der Waals surface area contributed by atoms with Crippen molar-refractivity contribution in [2.75, 3.05) is 26.8 Å². The van der Waals surface area contributed by atoms with Gasteiger partial charge in [0.2, 0.25) is 5.91 Å². The molecule has 1 saturated heterocycles. The van der Waals surface area contributed by atoms with Gasteiger partial charge in [-0.15, -0.1) is 0 Å². The first-order valence-electron chi connectivity index (χ1n) is 8.11. The quantitative estimate of drug-likeness (QED) is 0.933. The highest BCUT2D eigenvalue weighted by Gasteiger charge is 2.27. The van der Waals surface area contributed by atoms with Crippen molar-refractivity contribution >= 4 is 5.91 Å². The number of aromatic amines is 1. The minimum atomic E-state index is -0.198. The molecule has 1 fully saturated rings. The summed E-state index contributed by atoms with van der Waals surface area (Å²) in [7, 11) is 1.63. The average Bonchev–Trinajstić information content (AvgIpc) is 3.02. The molecule has 1 amide bonds. The second kappa shape index (κ2) is 7.05. The average molecular weight is 329 g/mol. The zero-order chi connectivity index (χ0) is 17.1. The van der Waals surface area contributed by atoms with Gasteiger partial charge in [0, 0.05) is 24.0 Å². The number of imidazole rings is 1. The first kappa shape index (κ1) is 16.5. The molecule has 0 radical (unpaired) electrons. The zero-order valence-electron chi connectivity index (χ0n) is 14.3. The van der Waals surface area contributed by atoms with E-state index in [2.05, 4.69) is 9.97 Å². The summed E-state index contributed by atoms with van der Waals surface area (Å²) in [5.74, 6) is 1.61. The number of ether oxygens (including phenoxy) is 2. The summed E-state index contributed by atoms with van der Waals surface area (Å²) in [6, 6.07) is 5.90. The van der Waals surface area contributed by atoms with Crippen molar-refractivity contribution in [3.63, 3.8) is 0 Å². The van der Waals surface area contributed by atoms with Gasteiger partial charge in [-0.3, -0.25) is 4.79 Å². The maximum atomic E-state index is 12.7. The standard InChI is InChI=1S/C18H23N3O3/c1-12-4-5-15(23-3)14(8-12)9-17(22)21-6-7-24-16(11-21)18-19-10-13(2)20-18/h4-5,8,10,16H,6-7,9,11H2,1-3H3,(H,19,20)/t16-/m0/s1. The predicted octanol–water partition coefficient (Wildman–Crippen LogP) is 2.18. The van der Waals surface area contributed by atoms with Crippen molar-refractivity contribution in [3.8, 4) is 5.75 Å². The number of hydrogen-bond donors (Lipinski definition) is 1. The van der Waals surface area contributed by atoms with Crippen LogP contribution < -0.4 is 4.74 Å². The van der Waals surface area contributed by atoms with Gasteiger partial charge in [0.05, 0.1) is 26.7 Å². The smallest absolute Gasteiger partial charge is 0.227 e. The Labute approximate surface area is 141 Å². The van der Waals surface area contributed by atoms with Crippen LogP contribution in [0.3, 0.4) is 0 Å². The van der Waals surface area contributed by atoms with Crippen LogP contribution in [0.5, 0.6) is 5.75 Å². The van der Waals surface area contributed by atoms with E-state index >= 15 is 0 Å². The van der Waals surface area contributed by atoms with E-state index in [1.807, 2.05) is 36.9 Å². The molecule has 0 saturated carbocycles. The first-order valence-corrected chi connectivity index (χ1v) is 8.11. The fraction of sp³-hybridized carbons (Fsp3) is 0.444. The van der Waals surface area contributed by atoms with Crippen LogP contribution in [0.2, 0.25) is 0 Å². The van der Waals surface area contributed by atoms with E-state index in [0.717, 1.165) is 28.4 Å². The van der Waals surface area contributed by atoms with Crippen LogP contribution >= 0.6 is 0 Å². The van der Waals surface area contributed by atoms with Crippen molar-refractivity contribution in [1.29, 1.82) is 0 Å². The Hall–Kier alpha value is -2.34. The van der Waals surface area contributed by atoms with Gasteiger partial charge in [-0.1, -0.05) is 17.7 Å². The number of rotatable bonds is 4. The number of carbonyl (C=O) groups excluding carboxylic acids is 1. The van der Waals surface area contributed by atoms with E-state index < -0.39 is 0 Å². The van der Waals surface area contributed by atoms with Gasteiger partial charge in [-0.05, 0) is 19.9 Å². The number of aromatic nitrogens is 2. The molecule has 1 aromatic carbocycles. The van der Waals surface area contributed by atoms with E-state index in [0.29, 0.717) is 26.1 Å². The van der Waals surface area contributed by atoms with E-state index in [-0.39, 0.29) is 12.0 Å². The molecule has 0 bridgehead atoms. The zero-order valence-corrected chi connectivity index (χ0v) is 14.3. The number of benzene rings is 1. The summed E-state index contributed by atoms with van der Waals surface area (Å²) >= 11 is 0. The lowest BCUT2D eigenvalue weighted by Crippen LogP contribution is -2.43. The summed E-state index contributed by atoms with van der Waals surface area (Å²) < 4.78 is 11.1. The lowest BCUT2D eigenvalue weighted by molar-refractivity contribution is -0.138. The second-order valence-electron chi connectivity index (χ2n) is 6.14. The number of amides is 1. The van der Waals surface area contributed by atoms with Crippen LogP contribution in [0.15, 0.2) is 24.4 Å². The topological polar surface area (TPSA) is 67.4 Å². The Bertz CT molecular complexity index is 726. The Morgan fingerprint density at radius 2 is 2.29 bits per heavy atom. The van der Waals surface area contributed by atoms with Crippen molar-refractivity contribution in [2.45, 2.75) is 26.4 Å². The van der Waals surface area contributed by atoms with Gasteiger partial charge in [-0.2, -0.15) is 0 Å². The van der Waals surface area contributed by atoms with E-state index in [4.69, 9.17) is 9.47 Å². The number of nitrogens with zero attached hydrogens (tertiary/aromatic N) is 2. The maximum Gasteiger partial charge on any atom is 0.227 e. The van der Waals surface area contributed by atoms with Crippen LogP contribution in [0.25, 0.3) is 0 Å². The maximum absolute atomic E-state index is 12.7. The molecule has 2 heterocycles. The Morgan fingerprint density at radius 3 is 3.00 bits per heavy atom. The molecule has 1 aromatic heterocycles. The molecule has 128 valence electrons.